The summed E-state index contributed by atoms with van der Waals surface area (Å²) in [6, 6.07) is 4.90. The normalized spacial score (nSPS) is 17.9. The Labute approximate surface area is 120 Å². The van der Waals surface area contributed by atoms with Crippen LogP contribution >= 0.6 is 0 Å². The molecule has 1 aliphatic rings. The van der Waals surface area contributed by atoms with Crippen molar-refractivity contribution in [1.29, 1.82) is 0 Å². The summed E-state index contributed by atoms with van der Waals surface area (Å²) in [4.78, 5) is 35.6. The maximum Gasteiger partial charge on any atom is 0.328 e. The van der Waals surface area contributed by atoms with E-state index in [9.17, 15) is 14.4 Å². The number of nitrogens with zero attached hydrogens (tertiary/aromatic N) is 1. The van der Waals surface area contributed by atoms with Crippen LogP contribution in [0.3, 0.4) is 0 Å². The molecule has 0 saturated carbocycles. The lowest BCUT2D eigenvalue weighted by molar-refractivity contribution is -0.144. The van der Waals surface area contributed by atoms with E-state index in [1.165, 1.54) is 7.11 Å². The Morgan fingerprint density at radius 3 is 2.90 bits per heavy atom. The third kappa shape index (κ3) is 3.41. The first kappa shape index (κ1) is 14.6. The minimum atomic E-state index is -1.17. The van der Waals surface area contributed by atoms with Gasteiger partial charge in [-0.3, -0.25) is 9.69 Å². The average molecular weight is 293 g/mol. The van der Waals surface area contributed by atoms with Crippen molar-refractivity contribution in [3.8, 4) is 5.75 Å². The van der Waals surface area contributed by atoms with Crippen molar-refractivity contribution < 1.29 is 24.2 Å². The Morgan fingerprint density at radius 1 is 1.48 bits per heavy atom. The first-order valence-electron chi connectivity index (χ1n) is 6.22. The largest absolute Gasteiger partial charge is 0.497 e. The molecule has 1 saturated heterocycles. The summed E-state index contributed by atoms with van der Waals surface area (Å²) in [6.45, 7) is -0.410. The summed E-state index contributed by atoms with van der Waals surface area (Å²) >= 11 is 0. The lowest BCUT2D eigenvalue weighted by Gasteiger charge is -2.32. The second-order valence-electron chi connectivity index (χ2n) is 4.45. The number of piperazine rings is 1. The van der Waals surface area contributed by atoms with E-state index >= 15 is 0 Å². The lowest BCUT2D eigenvalue weighted by Crippen LogP contribution is -2.60. The number of nitrogens with one attached hydrogen (secondary N) is 2. The number of amides is 3. The van der Waals surface area contributed by atoms with Crippen molar-refractivity contribution in [2.45, 2.75) is 6.04 Å². The standard InChI is InChI=1S/C13H15N3O5/c1-21-9-4-2-3-8(5-9)15-13(20)16-7-11(17)14-6-10(16)12(18)19/h2-5,10H,6-7H2,1H3,(H,14,17)(H,15,20)(H,18,19). The van der Waals surface area contributed by atoms with E-state index in [2.05, 4.69) is 10.6 Å². The van der Waals surface area contributed by atoms with Crippen LogP contribution in [0.25, 0.3) is 0 Å². The lowest BCUT2D eigenvalue weighted by atomic mass is 10.2. The number of carboxylic acids is 1. The van der Waals surface area contributed by atoms with E-state index in [0.717, 1.165) is 4.90 Å². The van der Waals surface area contributed by atoms with Gasteiger partial charge in [-0.2, -0.15) is 0 Å². The quantitative estimate of drug-likeness (QED) is 0.733. The molecule has 8 nitrogen and oxygen atoms in total. The molecule has 1 aromatic carbocycles. The molecular formula is C13H15N3O5. The van der Waals surface area contributed by atoms with Crippen LogP contribution in [0, 0.1) is 0 Å². The molecule has 0 aliphatic carbocycles. The zero-order valence-corrected chi connectivity index (χ0v) is 11.3. The SMILES string of the molecule is COc1cccc(NC(=O)N2CC(=O)NCC2C(=O)O)c1. The summed E-state index contributed by atoms with van der Waals surface area (Å²) in [6.07, 6.45) is 0. The fourth-order valence-corrected chi connectivity index (χ4v) is 1.97. The molecular weight excluding hydrogens is 278 g/mol. The van der Waals surface area contributed by atoms with Crippen LogP contribution in [0.5, 0.6) is 5.75 Å². The molecule has 8 heteroatoms. The van der Waals surface area contributed by atoms with Crippen molar-refractivity contribution in [3.05, 3.63) is 24.3 Å². The third-order valence-electron chi connectivity index (χ3n) is 3.05. The highest BCUT2D eigenvalue weighted by atomic mass is 16.5. The van der Waals surface area contributed by atoms with Gasteiger partial charge in [-0.1, -0.05) is 6.07 Å². The molecule has 3 amide bonds. The first-order chi connectivity index (χ1) is 10.0. The number of hydrogen-bond acceptors (Lipinski definition) is 4. The van der Waals surface area contributed by atoms with Gasteiger partial charge in [0.25, 0.3) is 0 Å². The summed E-state index contributed by atoms with van der Waals surface area (Å²) in [5.74, 6) is -1.01. The molecule has 1 aromatic rings. The molecule has 1 unspecified atom stereocenters. The predicted molar refractivity (Wildman–Crippen MR) is 73.2 cm³/mol. The van der Waals surface area contributed by atoms with E-state index in [1.807, 2.05) is 0 Å². The van der Waals surface area contributed by atoms with Crippen molar-refractivity contribution in [3.63, 3.8) is 0 Å². The fraction of sp³-hybridized carbons (Fsp3) is 0.308. The maximum absolute atomic E-state index is 12.2. The number of benzene rings is 1. The van der Waals surface area contributed by atoms with Gasteiger partial charge in [0.15, 0.2) is 0 Å². The Morgan fingerprint density at radius 2 is 2.24 bits per heavy atom. The second-order valence-corrected chi connectivity index (χ2v) is 4.45. The van der Waals surface area contributed by atoms with E-state index in [0.29, 0.717) is 11.4 Å². The monoisotopic (exact) mass is 293 g/mol. The van der Waals surface area contributed by atoms with Gasteiger partial charge in [0.05, 0.1) is 7.11 Å². The number of aliphatic carboxylic acids is 1. The topological polar surface area (TPSA) is 108 Å². The zero-order valence-electron chi connectivity index (χ0n) is 11.3. The zero-order chi connectivity index (χ0) is 15.4. The molecule has 2 rings (SSSR count). The molecule has 0 spiro atoms. The minimum absolute atomic E-state index is 0.111. The first-order valence-corrected chi connectivity index (χ1v) is 6.22. The van der Waals surface area contributed by atoms with Crippen molar-refractivity contribution in [2.24, 2.45) is 0 Å². The molecule has 0 aromatic heterocycles. The highest BCUT2D eigenvalue weighted by Crippen LogP contribution is 2.17. The maximum atomic E-state index is 12.2. The number of hydrogen-bond donors (Lipinski definition) is 3. The third-order valence-corrected chi connectivity index (χ3v) is 3.05. The number of carboxylic acid groups (broad SMARTS) is 1. The molecule has 1 fully saturated rings. The Balaban J connectivity index is 2.12. The van der Waals surface area contributed by atoms with Crippen LogP contribution in [-0.4, -0.2) is 54.2 Å². The molecule has 0 bridgehead atoms. The molecule has 1 heterocycles. The number of ether oxygens (including phenoxy) is 1. The van der Waals surface area contributed by atoms with Gasteiger partial charge in [-0.15, -0.1) is 0 Å². The molecule has 1 atom stereocenters. The van der Waals surface area contributed by atoms with Gasteiger partial charge in [0.2, 0.25) is 5.91 Å². The highest BCUT2D eigenvalue weighted by molar-refractivity contribution is 5.96. The van der Waals surface area contributed by atoms with Crippen molar-refractivity contribution in [1.82, 2.24) is 10.2 Å². The number of methoxy groups -OCH3 is 1. The number of anilines is 1. The van der Waals surface area contributed by atoms with Gasteiger partial charge in [0.1, 0.15) is 18.3 Å². The molecule has 112 valence electrons. The second kappa shape index (κ2) is 6.12. The minimum Gasteiger partial charge on any atom is -0.497 e. The van der Waals surface area contributed by atoms with Crippen LogP contribution in [0.2, 0.25) is 0 Å². The van der Waals surface area contributed by atoms with E-state index < -0.39 is 23.9 Å². The number of urea groups is 1. The van der Waals surface area contributed by atoms with Gasteiger partial charge in [-0.05, 0) is 12.1 Å². The van der Waals surface area contributed by atoms with Crippen LogP contribution in [-0.2, 0) is 9.59 Å². The molecule has 21 heavy (non-hydrogen) atoms. The highest BCUT2D eigenvalue weighted by Gasteiger charge is 2.35. The summed E-state index contributed by atoms with van der Waals surface area (Å²) in [7, 11) is 1.50. The average Bonchev–Trinajstić information content (AvgIpc) is 2.47. The van der Waals surface area contributed by atoms with E-state index in [-0.39, 0.29) is 13.1 Å². The van der Waals surface area contributed by atoms with Crippen molar-refractivity contribution >= 4 is 23.6 Å². The molecule has 0 radical (unpaired) electrons. The van der Waals surface area contributed by atoms with Crippen LogP contribution in [0.15, 0.2) is 24.3 Å². The van der Waals surface area contributed by atoms with Gasteiger partial charge in [-0.25, -0.2) is 9.59 Å². The molecule has 3 N–H and O–H groups in total. The van der Waals surface area contributed by atoms with Crippen LogP contribution < -0.4 is 15.4 Å². The summed E-state index contributed by atoms with van der Waals surface area (Å²) < 4.78 is 5.04. The van der Waals surface area contributed by atoms with Gasteiger partial charge >= 0.3 is 12.0 Å². The van der Waals surface area contributed by atoms with Crippen LogP contribution in [0.1, 0.15) is 0 Å². The Bertz CT molecular complexity index is 575. The number of carbonyl (C=O) groups excluding carboxylic acids is 2. The van der Waals surface area contributed by atoms with Gasteiger partial charge in [0, 0.05) is 18.3 Å². The van der Waals surface area contributed by atoms with Crippen LogP contribution in [0.4, 0.5) is 10.5 Å². The number of carbonyl (C=O) groups is 3. The smallest absolute Gasteiger partial charge is 0.328 e. The Kier molecular flexibility index (Phi) is 4.27. The Hall–Kier alpha value is -2.77. The predicted octanol–water partition coefficient (Wildman–Crippen LogP) is 0.112. The summed E-state index contributed by atoms with van der Waals surface area (Å²) in [5.41, 5.74) is 0.453. The van der Waals surface area contributed by atoms with Gasteiger partial charge < -0.3 is 20.5 Å². The van der Waals surface area contributed by atoms with E-state index in [4.69, 9.17) is 9.84 Å². The fourth-order valence-electron chi connectivity index (χ4n) is 1.97. The molecule has 1 aliphatic heterocycles. The summed E-state index contributed by atoms with van der Waals surface area (Å²) in [5, 5.41) is 14.1. The number of rotatable bonds is 3. The van der Waals surface area contributed by atoms with E-state index in [1.54, 1.807) is 24.3 Å². The van der Waals surface area contributed by atoms with Crippen molar-refractivity contribution in [2.75, 3.05) is 25.5 Å².